The molecule has 1 aromatic heterocycles. The normalized spacial score (nSPS) is 15.7. The van der Waals surface area contributed by atoms with Gasteiger partial charge in [-0.05, 0) is 25.2 Å². The number of nitrogens with one attached hydrogen (secondary N) is 1. The molecule has 1 aliphatic rings. The quantitative estimate of drug-likeness (QED) is 0.826. The number of anilines is 2. The number of nitrogens with zero attached hydrogens (tertiary/aromatic N) is 4. The molecule has 1 aromatic carbocycles. The maximum Gasteiger partial charge on any atom is 0.419 e. The number of carbonyl (C=O) groups excluding carboxylic acids is 1. The molecule has 2 aromatic rings. The van der Waals surface area contributed by atoms with Gasteiger partial charge in [0.2, 0.25) is 0 Å². The number of carbonyl (C=O) groups is 1. The van der Waals surface area contributed by atoms with Crippen LogP contribution in [-0.2, 0) is 6.18 Å². The molecule has 144 valence electrons. The number of piperazine rings is 1. The van der Waals surface area contributed by atoms with Crippen LogP contribution in [0.2, 0.25) is 0 Å². The summed E-state index contributed by atoms with van der Waals surface area (Å²) in [6.45, 7) is 3.17. The van der Waals surface area contributed by atoms with Crippen LogP contribution in [0.1, 0.15) is 16.1 Å². The van der Waals surface area contributed by atoms with E-state index in [0.717, 1.165) is 32.2 Å². The van der Waals surface area contributed by atoms with Crippen molar-refractivity contribution in [3.8, 4) is 0 Å². The maximum absolute atomic E-state index is 13.4. The Labute approximate surface area is 152 Å². The van der Waals surface area contributed by atoms with Crippen LogP contribution >= 0.6 is 0 Å². The summed E-state index contributed by atoms with van der Waals surface area (Å²) in [6.07, 6.45) is -3.62. The van der Waals surface area contributed by atoms with E-state index < -0.39 is 23.5 Å². The molecule has 0 spiro atoms. The Bertz CT molecular complexity index is 834. The molecule has 10 heteroatoms. The third-order valence-electron chi connectivity index (χ3n) is 4.24. The zero-order chi connectivity index (χ0) is 19.6. The van der Waals surface area contributed by atoms with Gasteiger partial charge in [-0.2, -0.15) is 13.2 Å². The van der Waals surface area contributed by atoms with Gasteiger partial charge >= 0.3 is 6.18 Å². The van der Waals surface area contributed by atoms with Crippen LogP contribution in [0.4, 0.5) is 29.1 Å². The second-order valence-corrected chi connectivity index (χ2v) is 6.20. The molecule has 0 atom stereocenters. The van der Waals surface area contributed by atoms with Crippen molar-refractivity contribution in [2.75, 3.05) is 43.4 Å². The lowest BCUT2D eigenvalue weighted by molar-refractivity contribution is -0.139. The monoisotopic (exact) mass is 383 g/mol. The van der Waals surface area contributed by atoms with Gasteiger partial charge in [0.25, 0.3) is 5.91 Å². The molecule has 3 rings (SSSR count). The van der Waals surface area contributed by atoms with E-state index in [4.69, 9.17) is 0 Å². The summed E-state index contributed by atoms with van der Waals surface area (Å²) in [5.41, 5.74) is -1.61. The van der Waals surface area contributed by atoms with E-state index in [1.165, 1.54) is 12.4 Å². The third kappa shape index (κ3) is 4.51. The van der Waals surface area contributed by atoms with Gasteiger partial charge in [-0.3, -0.25) is 4.79 Å². The first-order chi connectivity index (χ1) is 12.7. The predicted molar refractivity (Wildman–Crippen MR) is 91.1 cm³/mol. The van der Waals surface area contributed by atoms with Crippen LogP contribution in [0.25, 0.3) is 0 Å². The lowest BCUT2D eigenvalue weighted by Gasteiger charge is -2.33. The van der Waals surface area contributed by atoms with Crippen molar-refractivity contribution in [2.24, 2.45) is 0 Å². The highest BCUT2D eigenvalue weighted by molar-refractivity contribution is 6.03. The number of amides is 1. The van der Waals surface area contributed by atoms with Crippen LogP contribution in [0.3, 0.4) is 0 Å². The van der Waals surface area contributed by atoms with Crippen molar-refractivity contribution in [3.63, 3.8) is 0 Å². The van der Waals surface area contributed by atoms with Gasteiger partial charge in [0, 0.05) is 37.9 Å². The van der Waals surface area contributed by atoms with E-state index in [1.807, 2.05) is 11.9 Å². The fraction of sp³-hybridized carbons (Fsp3) is 0.353. The molecule has 1 N–H and O–H groups in total. The van der Waals surface area contributed by atoms with E-state index in [0.29, 0.717) is 18.0 Å². The van der Waals surface area contributed by atoms with Gasteiger partial charge in [-0.15, -0.1) is 0 Å². The molecule has 2 heterocycles. The van der Waals surface area contributed by atoms with Gasteiger partial charge in [0.15, 0.2) is 0 Å². The number of alkyl halides is 3. The Balaban J connectivity index is 1.76. The van der Waals surface area contributed by atoms with Gasteiger partial charge in [0.05, 0.1) is 5.56 Å². The van der Waals surface area contributed by atoms with E-state index in [-0.39, 0.29) is 11.4 Å². The fourth-order valence-electron chi connectivity index (χ4n) is 2.70. The Kier molecular flexibility index (Phi) is 5.26. The van der Waals surface area contributed by atoms with Crippen molar-refractivity contribution in [2.45, 2.75) is 6.18 Å². The fourth-order valence-corrected chi connectivity index (χ4v) is 2.70. The van der Waals surface area contributed by atoms with Crippen molar-refractivity contribution in [1.29, 1.82) is 0 Å². The topological polar surface area (TPSA) is 61.4 Å². The van der Waals surface area contributed by atoms with Crippen molar-refractivity contribution < 1.29 is 22.4 Å². The smallest absolute Gasteiger partial charge is 0.354 e. The second-order valence-electron chi connectivity index (χ2n) is 6.20. The summed E-state index contributed by atoms with van der Waals surface area (Å²) in [4.78, 5) is 24.5. The van der Waals surface area contributed by atoms with Crippen LogP contribution in [-0.4, -0.2) is 54.0 Å². The summed E-state index contributed by atoms with van der Waals surface area (Å²) >= 11 is 0. The van der Waals surface area contributed by atoms with Crippen molar-refractivity contribution >= 4 is 17.4 Å². The molecule has 0 unspecified atom stereocenters. The van der Waals surface area contributed by atoms with Gasteiger partial charge in [0.1, 0.15) is 23.7 Å². The van der Waals surface area contributed by atoms with Crippen molar-refractivity contribution in [3.05, 3.63) is 47.7 Å². The molecule has 1 fully saturated rings. The summed E-state index contributed by atoms with van der Waals surface area (Å²) < 4.78 is 51.7. The molecule has 0 aliphatic carbocycles. The van der Waals surface area contributed by atoms with Crippen LogP contribution in [0.5, 0.6) is 0 Å². The molecule has 1 amide bonds. The molecule has 27 heavy (non-hydrogen) atoms. The number of benzene rings is 1. The van der Waals surface area contributed by atoms with E-state index in [1.54, 1.807) is 0 Å². The molecular weight excluding hydrogens is 366 g/mol. The number of halogens is 4. The SMILES string of the molecule is CN1CCN(c2cc(C(=O)Nc3ccc(F)c(C(F)(F)F)c3)ncn2)CC1. The van der Waals surface area contributed by atoms with Gasteiger partial charge in [-0.1, -0.05) is 0 Å². The molecule has 1 saturated heterocycles. The lowest BCUT2D eigenvalue weighted by atomic mass is 10.1. The highest BCUT2D eigenvalue weighted by atomic mass is 19.4. The van der Waals surface area contributed by atoms with Crippen LogP contribution < -0.4 is 10.2 Å². The first kappa shape index (κ1) is 19.0. The summed E-state index contributed by atoms with van der Waals surface area (Å²) in [6, 6.07) is 3.75. The number of hydrogen-bond donors (Lipinski definition) is 1. The largest absolute Gasteiger partial charge is 0.419 e. The number of likely N-dealkylation sites (N-methyl/N-ethyl adjacent to an activating group) is 1. The minimum absolute atomic E-state index is 0.0109. The molecule has 0 bridgehead atoms. The highest BCUT2D eigenvalue weighted by Gasteiger charge is 2.34. The van der Waals surface area contributed by atoms with Crippen LogP contribution in [0.15, 0.2) is 30.6 Å². The zero-order valence-electron chi connectivity index (χ0n) is 14.4. The Hall–Kier alpha value is -2.75. The maximum atomic E-state index is 13.4. The first-order valence-electron chi connectivity index (χ1n) is 8.17. The van der Waals surface area contributed by atoms with E-state index in [9.17, 15) is 22.4 Å². The minimum atomic E-state index is -4.85. The summed E-state index contributed by atoms with van der Waals surface area (Å²) in [7, 11) is 2.01. The van der Waals surface area contributed by atoms with E-state index in [2.05, 4.69) is 20.2 Å². The molecular formula is C17H17F4N5O. The Morgan fingerprint density at radius 2 is 1.81 bits per heavy atom. The number of hydrogen-bond acceptors (Lipinski definition) is 5. The van der Waals surface area contributed by atoms with Gasteiger partial charge < -0.3 is 15.1 Å². The minimum Gasteiger partial charge on any atom is -0.354 e. The predicted octanol–water partition coefficient (Wildman–Crippen LogP) is 2.64. The third-order valence-corrected chi connectivity index (χ3v) is 4.24. The zero-order valence-corrected chi connectivity index (χ0v) is 14.4. The number of aromatic nitrogens is 2. The van der Waals surface area contributed by atoms with Gasteiger partial charge in [-0.25, -0.2) is 14.4 Å². The lowest BCUT2D eigenvalue weighted by Crippen LogP contribution is -2.44. The Morgan fingerprint density at radius 1 is 1.11 bits per heavy atom. The summed E-state index contributed by atoms with van der Waals surface area (Å²) in [5, 5.41) is 2.31. The molecule has 6 nitrogen and oxygen atoms in total. The average molecular weight is 383 g/mol. The average Bonchev–Trinajstić information content (AvgIpc) is 2.63. The second kappa shape index (κ2) is 7.47. The van der Waals surface area contributed by atoms with Crippen LogP contribution in [0, 0.1) is 5.82 Å². The molecule has 0 radical (unpaired) electrons. The first-order valence-corrected chi connectivity index (χ1v) is 8.17. The standard InChI is InChI=1S/C17H17F4N5O/c1-25-4-6-26(7-5-25)15-9-14(22-10-23-15)16(27)24-11-2-3-13(18)12(8-11)17(19,20)21/h2-3,8-10H,4-7H2,1H3,(H,24,27). The molecule has 0 saturated carbocycles. The Morgan fingerprint density at radius 3 is 2.48 bits per heavy atom. The van der Waals surface area contributed by atoms with E-state index >= 15 is 0 Å². The highest BCUT2D eigenvalue weighted by Crippen LogP contribution is 2.33. The number of rotatable bonds is 3. The molecule has 1 aliphatic heterocycles. The van der Waals surface area contributed by atoms with Crippen molar-refractivity contribution in [1.82, 2.24) is 14.9 Å². The summed E-state index contributed by atoms with van der Waals surface area (Å²) in [5.74, 6) is -1.54.